The molecule has 2 N–H and O–H groups in total. The van der Waals surface area contributed by atoms with E-state index in [1.165, 1.54) is 16.0 Å². The van der Waals surface area contributed by atoms with Crippen LogP contribution < -0.4 is 15.6 Å². The summed E-state index contributed by atoms with van der Waals surface area (Å²) in [6, 6.07) is 16.3. The van der Waals surface area contributed by atoms with Crippen molar-refractivity contribution in [1.29, 1.82) is 0 Å². The third kappa shape index (κ3) is 3.38. The molecular weight excluding hydrogens is 314 g/mol. The molecule has 0 saturated carbocycles. The van der Waals surface area contributed by atoms with Crippen LogP contribution in [0.1, 0.15) is 11.1 Å². The van der Waals surface area contributed by atoms with Crippen LogP contribution in [0.3, 0.4) is 0 Å². The Bertz CT molecular complexity index is 920. The lowest BCUT2D eigenvalue weighted by Gasteiger charge is -2.30. The molecule has 2 heterocycles. The fraction of sp³-hybridized carbons (Fsp3) is 0.350. The predicted octanol–water partition coefficient (Wildman–Crippen LogP) is -0.156. The van der Waals surface area contributed by atoms with Crippen LogP contribution in [0.2, 0.25) is 0 Å². The highest BCUT2D eigenvalue weighted by molar-refractivity contribution is 5.72. The van der Waals surface area contributed by atoms with E-state index in [9.17, 15) is 4.79 Å². The number of quaternary nitrogens is 2. The van der Waals surface area contributed by atoms with Gasteiger partial charge < -0.3 is 14.2 Å². The van der Waals surface area contributed by atoms with E-state index in [1.54, 1.807) is 9.47 Å². The van der Waals surface area contributed by atoms with Gasteiger partial charge >= 0.3 is 5.76 Å². The number of nitrogens with one attached hydrogen (secondary N) is 2. The van der Waals surface area contributed by atoms with Crippen molar-refractivity contribution in [2.75, 3.05) is 26.2 Å². The molecule has 0 bridgehead atoms. The van der Waals surface area contributed by atoms with E-state index in [1.807, 2.05) is 24.3 Å². The molecule has 1 saturated heterocycles. The van der Waals surface area contributed by atoms with Crippen LogP contribution in [-0.2, 0) is 13.2 Å². The van der Waals surface area contributed by atoms with Crippen LogP contribution in [0, 0.1) is 6.92 Å². The molecule has 0 unspecified atom stereocenters. The lowest BCUT2D eigenvalue weighted by atomic mass is 10.1. The van der Waals surface area contributed by atoms with Crippen molar-refractivity contribution in [3.05, 3.63) is 70.2 Å². The highest BCUT2D eigenvalue weighted by atomic mass is 16.4. The Hall–Kier alpha value is -2.37. The highest BCUT2D eigenvalue weighted by Crippen LogP contribution is 2.10. The zero-order valence-electron chi connectivity index (χ0n) is 14.6. The topological polar surface area (TPSA) is 44.0 Å². The van der Waals surface area contributed by atoms with Gasteiger partial charge in [-0.05, 0) is 24.6 Å². The first-order valence-electron chi connectivity index (χ1n) is 9.01. The van der Waals surface area contributed by atoms with Gasteiger partial charge in [-0.25, -0.2) is 9.36 Å². The third-order valence-electron chi connectivity index (χ3n) is 5.32. The first kappa shape index (κ1) is 16.1. The average Bonchev–Trinajstić information content (AvgIpc) is 2.94. The minimum Gasteiger partial charge on any atom is -0.408 e. The molecule has 5 nitrogen and oxygen atoms in total. The molecular formula is C20H25N3O2+2. The van der Waals surface area contributed by atoms with Crippen LogP contribution in [0.25, 0.3) is 11.1 Å². The van der Waals surface area contributed by atoms with Crippen molar-refractivity contribution in [1.82, 2.24) is 4.57 Å². The first-order valence-corrected chi connectivity index (χ1v) is 9.01. The lowest BCUT2D eigenvalue weighted by molar-refractivity contribution is -1.03. The zero-order valence-corrected chi connectivity index (χ0v) is 14.6. The minimum atomic E-state index is -0.247. The first-order chi connectivity index (χ1) is 12.2. The molecule has 1 fully saturated rings. The van der Waals surface area contributed by atoms with Gasteiger partial charge in [-0.15, -0.1) is 0 Å². The van der Waals surface area contributed by atoms with Crippen molar-refractivity contribution in [2.45, 2.75) is 20.1 Å². The van der Waals surface area contributed by atoms with Crippen LogP contribution in [0.5, 0.6) is 0 Å². The van der Waals surface area contributed by atoms with Gasteiger partial charge in [0, 0.05) is 5.56 Å². The molecule has 25 heavy (non-hydrogen) atoms. The van der Waals surface area contributed by atoms with E-state index in [-0.39, 0.29) is 5.76 Å². The molecule has 0 spiro atoms. The zero-order chi connectivity index (χ0) is 17.2. The average molecular weight is 339 g/mol. The van der Waals surface area contributed by atoms with Gasteiger partial charge in [-0.3, -0.25) is 0 Å². The molecule has 4 rings (SSSR count). The van der Waals surface area contributed by atoms with E-state index >= 15 is 0 Å². The second-order valence-corrected chi connectivity index (χ2v) is 7.03. The van der Waals surface area contributed by atoms with E-state index in [0.29, 0.717) is 12.3 Å². The quantitative estimate of drug-likeness (QED) is 0.694. The summed E-state index contributed by atoms with van der Waals surface area (Å²) in [6.07, 6.45) is 0. The van der Waals surface area contributed by atoms with E-state index in [0.717, 1.165) is 38.2 Å². The highest BCUT2D eigenvalue weighted by Gasteiger charge is 2.24. The molecule has 3 aromatic rings. The summed E-state index contributed by atoms with van der Waals surface area (Å²) in [7, 11) is 0. The maximum atomic E-state index is 12.1. The summed E-state index contributed by atoms with van der Waals surface area (Å²) in [4.78, 5) is 15.2. The number of rotatable bonds is 4. The number of oxazole rings is 1. The largest absolute Gasteiger partial charge is 0.424 e. The molecule has 1 aliphatic rings. The smallest absolute Gasteiger partial charge is 0.408 e. The van der Waals surface area contributed by atoms with Crippen LogP contribution in [-0.4, -0.2) is 30.7 Å². The van der Waals surface area contributed by atoms with Gasteiger partial charge in [-0.2, -0.15) is 0 Å². The Morgan fingerprint density at radius 2 is 1.64 bits per heavy atom. The maximum absolute atomic E-state index is 12.1. The van der Waals surface area contributed by atoms with Gasteiger partial charge in [-0.1, -0.05) is 36.4 Å². The number of nitrogens with zero attached hydrogens (tertiary/aromatic N) is 1. The Labute approximate surface area is 147 Å². The maximum Gasteiger partial charge on any atom is 0.424 e. The van der Waals surface area contributed by atoms with E-state index in [2.05, 4.69) is 31.2 Å². The van der Waals surface area contributed by atoms with Gasteiger partial charge in [0.15, 0.2) is 12.3 Å². The SMILES string of the molecule is Cc1ccccc1C[NH+]1CC[NH+](Cn2c(=O)oc3ccccc32)CC1. The van der Waals surface area contributed by atoms with Crippen molar-refractivity contribution < 1.29 is 14.2 Å². The number of benzene rings is 2. The summed E-state index contributed by atoms with van der Waals surface area (Å²) in [5.41, 5.74) is 4.39. The standard InChI is InChI=1S/C20H23N3O2/c1-16-6-2-3-7-17(16)14-21-10-12-22(13-11-21)15-23-18-8-4-5-9-19(18)25-20(23)24/h2-9H,10-15H2,1H3/p+2. The molecule has 0 atom stereocenters. The summed E-state index contributed by atoms with van der Waals surface area (Å²) in [5, 5.41) is 0. The fourth-order valence-corrected chi connectivity index (χ4v) is 3.76. The minimum absolute atomic E-state index is 0.247. The second-order valence-electron chi connectivity index (χ2n) is 7.03. The normalized spacial score (nSPS) is 20.8. The van der Waals surface area contributed by atoms with Gasteiger partial charge in [0.1, 0.15) is 32.7 Å². The van der Waals surface area contributed by atoms with E-state index in [4.69, 9.17) is 4.42 Å². The second kappa shape index (κ2) is 6.86. The van der Waals surface area contributed by atoms with Crippen LogP contribution in [0.15, 0.2) is 57.7 Å². The van der Waals surface area contributed by atoms with Gasteiger partial charge in [0.2, 0.25) is 0 Å². The monoisotopic (exact) mass is 339 g/mol. The fourth-order valence-electron chi connectivity index (χ4n) is 3.76. The summed E-state index contributed by atoms with van der Waals surface area (Å²) >= 11 is 0. The van der Waals surface area contributed by atoms with Gasteiger partial charge in [0.05, 0.1) is 5.52 Å². The number of fused-ring (bicyclic) bond motifs is 1. The predicted molar refractivity (Wildman–Crippen MR) is 96.8 cm³/mol. The van der Waals surface area contributed by atoms with Crippen LogP contribution >= 0.6 is 0 Å². The molecule has 0 amide bonds. The van der Waals surface area contributed by atoms with Crippen molar-refractivity contribution in [3.63, 3.8) is 0 Å². The Kier molecular flexibility index (Phi) is 4.42. The molecule has 1 aliphatic heterocycles. The Morgan fingerprint density at radius 3 is 2.44 bits per heavy atom. The molecule has 0 radical (unpaired) electrons. The molecule has 1 aromatic heterocycles. The number of hydrogen-bond acceptors (Lipinski definition) is 2. The third-order valence-corrected chi connectivity index (χ3v) is 5.32. The number of para-hydroxylation sites is 2. The van der Waals surface area contributed by atoms with Gasteiger partial charge in [0.25, 0.3) is 0 Å². The summed E-state index contributed by atoms with van der Waals surface area (Å²) in [6.45, 7) is 8.39. The lowest BCUT2D eigenvalue weighted by Crippen LogP contribution is -3.27. The van der Waals surface area contributed by atoms with Crippen molar-refractivity contribution >= 4 is 11.1 Å². The van der Waals surface area contributed by atoms with E-state index < -0.39 is 0 Å². The Morgan fingerprint density at radius 1 is 0.960 bits per heavy atom. The van der Waals surface area contributed by atoms with Crippen molar-refractivity contribution in [3.8, 4) is 0 Å². The van der Waals surface area contributed by atoms with Crippen molar-refractivity contribution in [2.24, 2.45) is 0 Å². The molecule has 130 valence electrons. The Balaban J connectivity index is 1.40. The number of aromatic nitrogens is 1. The summed E-state index contributed by atoms with van der Waals surface area (Å²) < 4.78 is 7.12. The van der Waals surface area contributed by atoms with Crippen LogP contribution in [0.4, 0.5) is 0 Å². The molecule has 0 aliphatic carbocycles. The number of aryl methyl sites for hydroxylation is 1. The molecule has 2 aromatic carbocycles. The number of piperazine rings is 1. The molecule has 5 heteroatoms. The number of hydrogen-bond donors (Lipinski definition) is 2. The summed E-state index contributed by atoms with van der Waals surface area (Å²) in [5.74, 6) is -0.247.